The van der Waals surface area contributed by atoms with Crippen molar-refractivity contribution in [2.45, 2.75) is 46.6 Å². The summed E-state index contributed by atoms with van der Waals surface area (Å²) >= 11 is 0. The molecule has 0 fully saturated rings. The second kappa shape index (κ2) is 5.80. The maximum Gasteiger partial charge on any atom is 0.196 e. The zero-order valence-electron chi connectivity index (χ0n) is 13.1. The quantitative estimate of drug-likeness (QED) is 0.917. The average Bonchev–Trinajstić information content (AvgIpc) is 2.74. The molecule has 1 aromatic heterocycles. The van der Waals surface area contributed by atoms with E-state index in [0.717, 1.165) is 30.2 Å². The third-order valence-electron chi connectivity index (χ3n) is 3.05. The molecule has 0 spiro atoms. The predicted octanol–water partition coefficient (Wildman–Crippen LogP) is 3.89. The third-order valence-corrected chi connectivity index (χ3v) is 3.05. The van der Waals surface area contributed by atoms with Crippen LogP contribution in [0.2, 0.25) is 0 Å². The van der Waals surface area contributed by atoms with Gasteiger partial charge in [-0.3, -0.25) is 0 Å². The van der Waals surface area contributed by atoms with Crippen molar-refractivity contribution in [1.29, 1.82) is 0 Å². The molecule has 3 heteroatoms. The van der Waals surface area contributed by atoms with E-state index in [1.807, 2.05) is 6.20 Å². The lowest BCUT2D eigenvalue weighted by Gasteiger charge is -2.19. The standard InChI is InChI=1S/C17H24N2O/c1-12-8-13(2)10-14(9-12)15-11-18-16(20-15)6-7-19-17(3,4)5/h8-11,19H,6-7H2,1-5H3. The number of rotatable bonds is 4. The summed E-state index contributed by atoms with van der Waals surface area (Å²) in [6, 6.07) is 6.42. The summed E-state index contributed by atoms with van der Waals surface area (Å²) in [6.07, 6.45) is 2.63. The van der Waals surface area contributed by atoms with Crippen molar-refractivity contribution in [3.8, 4) is 11.3 Å². The molecule has 1 heterocycles. The Hall–Kier alpha value is -1.61. The van der Waals surface area contributed by atoms with E-state index in [2.05, 4.69) is 63.1 Å². The molecule has 0 saturated carbocycles. The minimum absolute atomic E-state index is 0.128. The Labute approximate surface area is 121 Å². The van der Waals surface area contributed by atoms with Crippen LogP contribution >= 0.6 is 0 Å². The first-order valence-electron chi connectivity index (χ1n) is 7.12. The van der Waals surface area contributed by atoms with Gasteiger partial charge in [-0.2, -0.15) is 0 Å². The van der Waals surface area contributed by atoms with Gasteiger partial charge in [0.2, 0.25) is 0 Å². The minimum Gasteiger partial charge on any atom is -0.441 e. The summed E-state index contributed by atoms with van der Waals surface area (Å²) in [5, 5.41) is 3.44. The van der Waals surface area contributed by atoms with Gasteiger partial charge >= 0.3 is 0 Å². The molecular formula is C17H24N2O. The van der Waals surface area contributed by atoms with Gasteiger partial charge in [-0.25, -0.2) is 4.98 Å². The highest BCUT2D eigenvalue weighted by atomic mass is 16.4. The summed E-state index contributed by atoms with van der Waals surface area (Å²) in [5.74, 6) is 1.64. The Morgan fingerprint density at radius 3 is 2.35 bits per heavy atom. The molecule has 0 aliphatic rings. The Balaban J connectivity index is 2.05. The normalized spacial score (nSPS) is 11.8. The number of nitrogens with zero attached hydrogens (tertiary/aromatic N) is 1. The van der Waals surface area contributed by atoms with Crippen molar-refractivity contribution >= 4 is 0 Å². The number of nitrogens with one attached hydrogen (secondary N) is 1. The van der Waals surface area contributed by atoms with Crippen LogP contribution in [0.5, 0.6) is 0 Å². The van der Waals surface area contributed by atoms with Crippen molar-refractivity contribution < 1.29 is 4.42 Å². The van der Waals surface area contributed by atoms with E-state index in [-0.39, 0.29) is 5.54 Å². The van der Waals surface area contributed by atoms with E-state index in [9.17, 15) is 0 Å². The lowest BCUT2D eigenvalue weighted by atomic mass is 10.1. The Morgan fingerprint density at radius 2 is 1.75 bits per heavy atom. The Bertz CT molecular complexity index is 559. The predicted molar refractivity (Wildman–Crippen MR) is 82.9 cm³/mol. The lowest BCUT2D eigenvalue weighted by Crippen LogP contribution is -2.37. The molecule has 0 saturated heterocycles. The van der Waals surface area contributed by atoms with Gasteiger partial charge < -0.3 is 9.73 Å². The van der Waals surface area contributed by atoms with Gasteiger partial charge in [0, 0.05) is 24.1 Å². The van der Waals surface area contributed by atoms with Crippen LogP contribution in [0.4, 0.5) is 0 Å². The molecule has 0 bridgehead atoms. The Morgan fingerprint density at radius 1 is 1.10 bits per heavy atom. The smallest absolute Gasteiger partial charge is 0.196 e. The highest BCUT2D eigenvalue weighted by molar-refractivity contribution is 5.58. The summed E-state index contributed by atoms with van der Waals surface area (Å²) in [5.41, 5.74) is 3.72. The topological polar surface area (TPSA) is 38.1 Å². The molecule has 0 unspecified atom stereocenters. The van der Waals surface area contributed by atoms with Gasteiger partial charge in [0.15, 0.2) is 11.7 Å². The zero-order chi connectivity index (χ0) is 14.8. The highest BCUT2D eigenvalue weighted by Crippen LogP contribution is 2.23. The van der Waals surface area contributed by atoms with Crippen molar-refractivity contribution in [2.24, 2.45) is 0 Å². The summed E-state index contributed by atoms with van der Waals surface area (Å²) < 4.78 is 5.84. The number of benzene rings is 1. The van der Waals surface area contributed by atoms with Crippen LogP contribution in [0, 0.1) is 13.8 Å². The molecule has 0 aliphatic carbocycles. The number of aryl methyl sites for hydroxylation is 2. The maximum atomic E-state index is 5.84. The highest BCUT2D eigenvalue weighted by Gasteiger charge is 2.10. The van der Waals surface area contributed by atoms with Gasteiger partial charge in [0.1, 0.15) is 0 Å². The van der Waals surface area contributed by atoms with Crippen LogP contribution in [0.15, 0.2) is 28.8 Å². The molecular weight excluding hydrogens is 248 g/mol. The van der Waals surface area contributed by atoms with Gasteiger partial charge in [-0.1, -0.05) is 17.2 Å². The third kappa shape index (κ3) is 4.20. The van der Waals surface area contributed by atoms with E-state index in [1.165, 1.54) is 11.1 Å². The molecule has 2 rings (SSSR count). The van der Waals surface area contributed by atoms with Gasteiger partial charge in [-0.05, 0) is 46.8 Å². The summed E-state index contributed by atoms with van der Waals surface area (Å²) in [6.45, 7) is 11.5. The second-order valence-electron chi connectivity index (χ2n) is 6.42. The SMILES string of the molecule is Cc1cc(C)cc(-c2cnc(CCNC(C)(C)C)o2)c1. The largest absolute Gasteiger partial charge is 0.441 e. The van der Waals surface area contributed by atoms with Gasteiger partial charge in [0.05, 0.1) is 6.20 Å². The van der Waals surface area contributed by atoms with Crippen LogP contribution in [-0.2, 0) is 6.42 Å². The first kappa shape index (κ1) is 14.8. The summed E-state index contributed by atoms with van der Waals surface area (Å²) in [7, 11) is 0. The molecule has 0 atom stereocenters. The van der Waals surface area contributed by atoms with E-state index in [1.54, 1.807) is 0 Å². The molecule has 2 aromatic rings. The minimum atomic E-state index is 0.128. The molecule has 0 aliphatic heterocycles. The maximum absolute atomic E-state index is 5.84. The number of hydrogen-bond donors (Lipinski definition) is 1. The average molecular weight is 272 g/mol. The van der Waals surface area contributed by atoms with Crippen LogP contribution in [-0.4, -0.2) is 17.1 Å². The van der Waals surface area contributed by atoms with Crippen LogP contribution < -0.4 is 5.32 Å². The Kier molecular flexibility index (Phi) is 4.29. The monoisotopic (exact) mass is 272 g/mol. The van der Waals surface area contributed by atoms with Crippen LogP contribution in [0.3, 0.4) is 0 Å². The fourth-order valence-electron chi connectivity index (χ4n) is 2.22. The van der Waals surface area contributed by atoms with Crippen molar-refractivity contribution in [2.75, 3.05) is 6.54 Å². The summed E-state index contributed by atoms with van der Waals surface area (Å²) in [4.78, 5) is 4.36. The van der Waals surface area contributed by atoms with E-state index >= 15 is 0 Å². The van der Waals surface area contributed by atoms with E-state index < -0.39 is 0 Å². The zero-order valence-corrected chi connectivity index (χ0v) is 13.1. The molecule has 0 amide bonds. The molecule has 108 valence electrons. The lowest BCUT2D eigenvalue weighted by molar-refractivity contribution is 0.412. The molecule has 1 N–H and O–H groups in total. The molecule has 20 heavy (non-hydrogen) atoms. The van der Waals surface area contributed by atoms with Gasteiger partial charge in [0.25, 0.3) is 0 Å². The number of oxazole rings is 1. The van der Waals surface area contributed by atoms with Crippen LogP contribution in [0.1, 0.15) is 37.8 Å². The van der Waals surface area contributed by atoms with Crippen molar-refractivity contribution in [1.82, 2.24) is 10.3 Å². The van der Waals surface area contributed by atoms with E-state index in [0.29, 0.717) is 0 Å². The van der Waals surface area contributed by atoms with Crippen molar-refractivity contribution in [3.63, 3.8) is 0 Å². The fourth-order valence-corrected chi connectivity index (χ4v) is 2.22. The first-order valence-corrected chi connectivity index (χ1v) is 7.12. The first-order chi connectivity index (χ1) is 9.33. The van der Waals surface area contributed by atoms with Crippen LogP contribution in [0.25, 0.3) is 11.3 Å². The van der Waals surface area contributed by atoms with Crippen molar-refractivity contribution in [3.05, 3.63) is 41.4 Å². The van der Waals surface area contributed by atoms with Gasteiger partial charge in [-0.15, -0.1) is 0 Å². The van der Waals surface area contributed by atoms with E-state index in [4.69, 9.17) is 4.42 Å². The second-order valence-corrected chi connectivity index (χ2v) is 6.42. The fraction of sp³-hybridized carbons (Fsp3) is 0.471. The number of hydrogen-bond acceptors (Lipinski definition) is 3. The molecule has 0 radical (unpaired) electrons. The number of aromatic nitrogens is 1. The molecule has 3 nitrogen and oxygen atoms in total. The molecule has 1 aromatic carbocycles.